The standard InChI is InChI=1S/C15H21NO7/c1-8-10(13(19)21-5)6-9(22-8)7-11(12(17)18)16-14(20)23-15(2,3)4/h6,11H,7H2,1-5H3,(H,16,20)(H,17,18). The van der Waals surface area contributed by atoms with E-state index in [1.54, 1.807) is 27.7 Å². The van der Waals surface area contributed by atoms with Gasteiger partial charge in [-0.25, -0.2) is 14.4 Å². The molecular formula is C15H21NO7. The molecule has 1 unspecified atom stereocenters. The number of alkyl carbamates (subject to hydrolysis) is 1. The molecule has 0 aliphatic carbocycles. The third kappa shape index (κ3) is 5.65. The van der Waals surface area contributed by atoms with Crippen molar-refractivity contribution in [2.24, 2.45) is 0 Å². The van der Waals surface area contributed by atoms with E-state index in [2.05, 4.69) is 10.1 Å². The maximum Gasteiger partial charge on any atom is 0.408 e. The molecule has 0 aliphatic heterocycles. The number of furan rings is 1. The van der Waals surface area contributed by atoms with Crippen molar-refractivity contribution in [3.63, 3.8) is 0 Å². The van der Waals surface area contributed by atoms with Crippen LogP contribution in [0.1, 0.15) is 42.6 Å². The Kier molecular flexibility index (Phi) is 5.78. The highest BCUT2D eigenvalue weighted by molar-refractivity contribution is 5.90. The van der Waals surface area contributed by atoms with Gasteiger partial charge < -0.3 is 24.3 Å². The van der Waals surface area contributed by atoms with Crippen LogP contribution in [0, 0.1) is 6.92 Å². The molecule has 128 valence electrons. The third-order valence-electron chi connectivity index (χ3n) is 2.77. The molecule has 0 saturated heterocycles. The lowest BCUT2D eigenvalue weighted by molar-refractivity contribution is -0.139. The zero-order chi connectivity index (χ0) is 17.8. The summed E-state index contributed by atoms with van der Waals surface area (Å²) in [4.78, 5) is 34.5. The average molecular weight is 327 g/mol. The zero-order valence-corrected chi connectivity index (χ0v) is 13.8. The van der Waals surface area contributed by atoms with Crippen LogP contribution in [0.4, 0.5) is 4.79 Å². The van der Waals surface area contributed by atoms with E-state index in [1.165, 1.54) is 13.2 Å². The fourth-order valence-electron chi connectivity index (χ4n) is 1.81. The predicted octanol–water partition coefficient (Wildman–Crippen LogP) is 1.90. The molecule has 0 spiro atoms. The molecule has 0 saturated carbocycles. The fourth-order valence-corrected chi connectivity index (χ4v) is 1.81. The minimum Gasteiger partial charge on any atom is -0.480 e. The number of amides is 1. The number of methoxy groups -OCH3 is 1. The van der Waals surface area contributed by atoms with Gasteiger partial charge in [-0.05, 0) is 33.8 Å². The van der Waals surface area contributed by atoms with Gasteiger partial charge in [0, 0.05) is 6.42 Å². The minimum absolute atomic E-state index is 0.133. The largest absolute Gasteiger partial charge is 0.480 e. The summed E-state index contributed by atoms with van der Waals surface area (Å²) in [5, 5.41) is 11.5. The number of esters is 1. The molecule has 1 amide bonds. The van der Waals surface area contributed by atoms with Gasteiger partial charge in [0.15, 0.2) is 0 Å². The molecular weight excluding hydrogens is 306 g/mol. The van der Waals surface area contributed by atoms with Crippen LogP contribution in [0.15, 0.2) is 10.5 Å². The number of rotatable bonds is 5. The van der Waals surface area contributed by atoms with Crippen molar-refractivity contribution >= 4 is 18.0 Å². The van der Waals surface area contributed by atoms with E-state index in [0.717, 1.165) is 0 Å². The average Bonchev–Trinajstić information content (AvgIpc) is 2.75. The van der Waals surface area contributed by atoms with Gasteiger partial charge in [-0.2, -0.15) is 0 Å². The molecule has 0 aliphatic rings. The highest BCUT2D eigenvalue weighted by Gasteiger charge is 2.26. The van der Waals surface area contributed by atoms with Crippen LogP contribution in [0.2, 0.25) is 0 Å². The summed E-state index contributed by atoms with van der Waals surface area (Å²) < 4.78 is 15.0. The second-order valence-corrected chi connectivity index (χ2v) is 5.92. The monoisotopic (exact) mass is 327 g/mol. The Morgan fingerprint density at radius 3 is 2.43 bits per heavy atom. The second kappa shape index (κ2) is 7.17. The van der Waals surface area contributed by atoms with Crippen molar-refractivity contribution in [1.82, 2.24) is 5.32 Å². The maximum atomic E-state index is 11.7. The highest BCUT2D eigenvalue weighted by Crippen LogP contribution is 2.17. The number of aliphatic carboxylic acids is 1. The summed E-state index contributed by atoms with van der Waals surface area (Å²) in [6.07, 6.45) is -0.978. The molecule has 0 bridgehead atoms. The number of ether oxygens (including phenoxy) is 2. The lowest BCUT2D eigenvalue weighted by Gasteiger charge is -2.21. The van der Waals surface area contributed by atoms with Gasteiger partial charge in [-0.3, -0.25) is 0 Å². The molecule has 8 heteroatoms. The number of nitrogens with one attached hydrogen (secondary N) is 1. The van der Waals surface area contributed by atoms with Gasteiger partial charge in [0.25, 0.3) is 0 Å². The Hall–Kier alpha value is -2.51. The van der Waals surface area contributed by atoms with Crippen LogP contribution in [0.5, 0.6) is 0 Å². The molecule has 2 N–H and O–H groups in total. The zero-order valence-electron chi connectivity index (χ0n) is 13.8. The number of carbonyl (C=O) groups excluding carboxylic acids is 2. The Balaban J connectivity index is 2.83. The Bertz CT molecular complexity index is 597. The maximum absolute atomic E-state index is 11.7. The van der Waals surface area contributed by atoms with Crippen molar-refractivity contribution in [1.29, 1.82) is 0 Å². The van der Waals surface area contributed by atoms with Crippen molar-refractivity contribution in [2.45, 2.75) is 45.8 Å². The molecule has 0 fully saturated rings. The molecule has 0 aromatic carbocycles. The van der Waals surface area contributed by atoms with E-state index in [0.29, 0.717) is 5.76 Å². The van der Waals surface area contributed by atoms with Crippen LogP contribution < -0.4 is 5.32 Å². The van der Waals surface area contributed by atoms with Crippen LogP contribution in [-0.4, -0.2) is 41.9 Å². The number of carbonyl (C=O) groups is 3. The first-order valence-electron chi connectivity index (χ1n) is 6.93. The number of hydrogen-bond donors (Lipinski definition) is 2. The predicted molar refractivity (Wildman–Crippen MR) is 79.3 cm³/mol. The highest BCUT2D eigenvalue weighted by atomic mass is 16.6. The third-order valence-corrected chi connectivity index (χ3v) is 2.77. The SMILES string of the molecule is COC(=O)c1cc(CC(NC(=O)OC(C)(C)C)C(=O)O)oc1C. The number of hydrogen-bond acceptors (Lipinski definition) is 6. The topological polar surface area (TPSA) is 115 Å². The summed E-state index contributed by atoms with van der Waals surface area (Å²) in [5.41, 5.74) is -0.532. The van der Waals surface area contributed by atoms with Gasteiger partial charge in [0.1, 0.15) is 28.7 Å². The Morgan fingerprint density at radius 2 is 1.96 bits per heavy atom. The molecule has 1 atom stereocenters. The van der Waals surface area contributed by atoms with Gasteiger partial charge in [-0.1, -0.05) is 0 Å². The van der Waals surface area contributed by atoms with Crippen molar-refractivity contribution in [2.75, 3.05) is 7.11 Å². The molecule has 1 heterocycles. The van der Waals surface area contributed by atoms with E-state index in [9.17, 15) is 19.5 Å². The van der Waals surface area contributed by atoms with Gasteiger partial charge >= 0.3 is 18.0 Å². The molecule has 8 nitrogen and oxygen atoms in total. The second-order valence-electron chi connectivity index (χ2n) is 5.92. The van der Waals surface area contributed by atoms with Gasteiger partial charge in [-0.15, -0.1) is 0 Å². The van der Waals surface area contributed by atoms with E-state index >= 15 is 0 Å². The Labute approximate surface area is 133 Å². The van der Waals surface area contributed by atoms with Gasteiger partial charge in [0.05, 0.1) is 7.11 Å². The summed E-state index contributed by atoms with van der Waals surface area (Å²) >= 11 is 0. The smallest absolute Gasteiger partial charge is 0.408 e. The van der Waals surface area contributed by atoms with E-state index in [1.807, 2.05) is 0 Å². The molecule has 1 aromatic heterocycles. The first kappa shape index (κ1) is 18.5. The summed E-state index contributed by atoms with van der Waals surface area (Å²) in [6, 6.07) is 0.148. The molecule has 1 rings (SSSR count). The van der Waals surface area contributed by atoms with Gasteiger partial charge in [0.2, 0.25) is 0 Å². The van der Waals surface area contributed by atoms with Crippen LogP contribution in [-0.2, 0) is 20.7 Å². The quantitative estimate of drug-likeness (QED) is 0.793. The number of carboxylic acids is 1. The van der Waals surface area contributed by atoms with Crippen LogP contribution in [0.3, 0.4) is 0 Å². The Morgan fingerprint density at radius 1 is 1.35 bits per heavy atom. The van der Waals surface area contributed by atoms with Crippen molar-refractivity contribution in [3.8, 4) is 0 Å². The van der Waals surface area contributed by atoms with Crippen molar-refractivity contribution < 1.29 is 33.4 Å². The molecule has 0 radical (unpaired) electrons. The summed E-state index contributed by atoms with van der Waals surface area (Å²) in [6.45, 7) is 6.56. The number of carboxylic acid groups (broad SMARTS) is 1. The number of aryl methyl sites for hydroxylation is 1. The molecule has 23 heavy (non-hydrogen) atoms. The van der Waals surface area contributed by atoms with Crippen LogP contribution in [0.25, 0.3) is 0 Å². The lowest BCUT2D eigenvalue weighted by Crippen LogP contribution is -2.44. The van der Waals surface area contributed by atoms with E-state index < -0.39 is 29.7 Å². The van der Waals surface area contributed by atoms with E-state index in [4.69, 9.17) is 9.15 Å². The first-order chi connectivity index (χ1) is 10.5. The van der Waals surface area contributed by atoms with Crippen LogP contribution >= 0.6 is 0 Å². The van der Waals surface area contributed by atoms with E-state index in [-0.39, 0.29) is 17.7 Å². The normalized spacial score (nSPS) is 12.4. The first-order valence-corrected chi connectivity index (χ1v) is 6.93. The minimum atomic E-state index is -1.25. The fraction of sp³-hybridized carbons (Fsp3) is 0.533. The lowest BCUT2D eigenvalue weighted by atomic mass is 10.1. The summed E-state index contributed by atoms with van der Waals surface area (Å²) in [7, 11) is 1.23. The summed E-state index contributed by atoms with van der Waals surface area (Å²) in [5.74, 6) is -1.27. The van der Waals surface area contributed by atoms with Crippen molar-refractivity contribution in [3.05, 3.63) is 23.2 Å². The molecule has 1 aromatic rings.